The highest BCUT2D eigenvalue weighted by atomic mass is 79.9. The average molecular weight is 400 g/mol. The van der Waals surface area contributed by atoms with Crippen LogP contribution >= 0.6 is 15.9 Å². The first kappa shape index (κ1) is 18.2. The number of benzene rings is 2. The van der Waals surface area contributed by atoms with Gasteiger partial charge in [0.15, 0.2) is 6.61 Å². The molecule has 6 nitrogen and oxygen atoms in total. The SMILES string of the molecule is N#Cc1ccccc1OCC(=O)NNC(=O)/C=C/c1ccc(Br)cc1. The van der Waals surface area contributed by atoms with E-state index in [0.717, 1.165) is 10.0 Å². The highest BCUT2D eigenvalue weighted by Crippen LogP contribution is 2.16. The van der Waals surface area contributed by atoms with E-state index in [1.165, 1.54) is 6.08 Å². The maximum atomic E-state index is 11.7. The number of hydrogen-bond donors (Lipinski definition) is 2. The van der Waals surface area contributed by atoms with Gasteiger partial charge in [-0.3, -0.25) is 20.4 Å². The van der Waals surface area contributed by atoms with E-state index in [1.54, 1.807) is 30.3 Å². The Morgan fingerprint density at radius 3 is 2.56 bits per heavy atom. The van der Waals surface area contributed by atoms with E-state index in [0.29, 0.717) is 11.3 Å². The number of carbonyl (C=O) groups is 2. The number of nitriles is 1. The van der Waals surface area contributed by atoms with Gasteiger partial charge in [0.05, 0.1) is 5.56 Å². The van der Waals surface area contributed by atoms with Crippen LogP contribution in [-0.2, 0) is 9.59 Å². The molecule has 0 aliphatic carbocycles. The van der Waals surface area contributed by atoms with Crippen LogP contribution in [0.15, 0.2) is 59.1 Å². The molecule has 7 heteroatoms. The van der Waals surface area contributed by atoms with Crippen LogP contribution in [0.25, 0.3) is 6.08 Å². The van der Waals surface area contributed by atoms with Crippen molar-refractivity contribution in [2.45, 2.75) is 0 Å². The van der Waals surface area contributed by atoms with Crippen molar-refractivity contribution in [1.82, 2.24) is 10.9 Å². The summed E-state index contributed by atoms with van der Waals surface area (Å²) in [4.78, 5) is 23.3. The Hall–Kier alpha value is -3.11. The minimum Gasteiger partial charge on any atom is -0.482 e. The second kappa shape index (κ2) is 9.25. The summed E-state index contributed by atoms with van der Waals surface area (Å²) < 4.78 is 6.20. The molecule has 2 rings (SSSR count). The molecule has 0 heterocycles. The summed E-state index contributed by atoms with van der Waals surface area (Å²) in [6.07, 6.45) is 2.92. The topological polar surface area (TPSA) is 91.2 Å². The lowest BCUT2D eigenvalue weighted by molar-refractivity contribution is -0.128. The molecule has 0 aliphatic rings. The molecule has 2 amide bonds. The summed E-state index contributed by atoms with van der Waals surface area (Å²) in [5, 5.41) is 8.93. The highest BCUT2D eigenvalue weighted by molar-refractivity contribution is 9.10. The van der Waals surface area contributed by atoms with Gasteiger partial charge in [0.1, 0.15) is 11.8 Å². The maximum absolute atomic E-state index is 11.7. The van der Waals surface area contributed by atoms with Gasteiger partial charge in [-0.05, 0) is 35.9 Å². The summed E-state index contributed by atoms with van der Waals surface area (Å²) in [6.45, 7) is -0.324. The van der Waals surface area contributed by atoms with Crippen molar-refractivity contribution in [3.05, 3.63) is 70.2 Å². The Labute approximate surface area is 153 Å². The molecule has 0 aliphatic heterocycles. The fourth-order valence-corrected chi connectivity index (χ4v) is 2.05. The lowest BCUT2D eigenvalue weighted by atomic mass is 10.2. The number of amides is 2. The zero-order valence-corrected chi connectivity index (χ0v) is 14.6. The zero-order chi connectivity index (χ0) is 18.1. The van der Waals surface area contributed by atoms with Crippen LogP contribution in [-0.4, -0.2) is 18.4 Å². The quantitative estimate of drug-likeness (QED) is 0.596. The summed E-state index contributed by atoms with van der Waals surface area (Å²) in [7, 11) is 0. The molecule has 0 spiro atoms. The van der Waals surface area contributed by atoms with Gasteiger partial charge in [0, 0.05) is 10.5 Å². The van der Waals surface area contributed by atoms with Crippen molar-refractivity contribution < 1.29 is 14.3 Å². The van der Waals surface area contributed by atoms with Crippen LogP contribution < -0.4 is 15.6 Å². The first-order valence-electron chi connectivity index (χ1n) is 7.23. The standard InChI is InChI=1S/C18H14BrN3O3/c19-15-8-5-13(6-9-15)7-10-17(23)21-22-18(24)12-25-16-4-2-1-3-14(16)11-20/h1-10H,12H2,(H,21,23)(H,22,24)/b10-7+. The number of nitrogens with zero attached hydrogens (tertiary/aromatic N) is 1. The number of carbonyl (C=O) groups excluding carboxylic acids is 2. The fourth-order valence-electron chi connectivity index (χ4n) is 1.78. The monoisotopic (exact) mass is 399 g/mol. The van der Waals surface area contributed by atoms with E-state index in [4.69, 9.17) is 10.00 Å². The Morgan fingerprint density at radius 2 is 1.84 bits per heavy atom. The van der Waals surface area contributed by atoms with Gasteiger partial charge in [-0.15, -0.1) is 0 Å². The zero-order valence-electron chi connectivity index (χ0n) is 13.0. The lowest BCUT2D eigenvalue weighted by Gasteiger charge is -2.08. The molecule has 2 N–H and O–H groups in total. The van der Waals surface area contributed by atoms with Crippen molar-refractivity contribution >= 4 is 33.8 Å². The molecule has 2 aromatic rings. The number of hydrazine groups is 1. The molecular weight excluding hydrogens is 386 g/mol. The minimum absolute atomic E-state index is 0.307. The Morgan fingerprint density at radius 1 is 1.12 bits per heavy atom. The first-order valence-corrected chi connectivity index (χ1v) is 8.02. The largest absolute Gasteiger partial charge is 0.482 e. The molecular formula is C18H14BrN3O3. The summed E-state index contributed by atoms with van der Waals surface area (Å²) in [5.74, 6) is -0.714. The normalized spacial score (nSPS) is 10.1. The number of nitrogens with one attached hydrogen (secondary N) is 2. The van der Waals surface area contributed by atoms with E-state index in [-0.39, 0.29) is 6.61 Å². The van der Waals surface area contributed by atoms with Gasteiger partial charge in [0.25, 0.3) is 11.8 Å². The van der Waals surface area contributed by atoms with Crippen molar-refractivity contribution in [2.24, 2.45) is 0 Å². The Balaban J connectivity index is 1.76. The molecule has 25 heavy (non-hydrogen) atoms. The summed E-state index contributed by atoms with van der Waals surface area (Å²) in [5.41, 5.74) is 5.66. The minimum atomic E-state index is -0.543. The molecule has 0 atom stereocenters. The van der Waals surface area contributed by atoms with Crippen LogP contribution in [0.4, 0.5) is 0 Å². The second-order valence-electron chi connectivity index (χ2n) is 4.82. The van der Waals surface area contributed by atoms with E-state index in [1.807, 2.05) is 30.3 Å². The molecule has 126 valence electrons. The predicted octanol–water partition coefficient (Wildman–Crippen LogP) is 2.56. The first-order chi connectivity index (χ1) is 12.1. The van der Waals surface area contributed by atoms with Crippen molar-refractivity contribution in [3.8, 4) is 11.8 Å². The van der Waals surface area contributed by atoms with Gasteiger partial charge in [-0.1, -0.05) is 40.2 Å². The second-order valence-corrected chi connectivity index (χ2v) is 5.73. The van der Waals surface area contributed by atoms with Gasteiger partial charge in [-0.2, -0.15) is 5.26 Å². The van der Waals surface area contributed by atoms with Gasteiger partial charge in [-0.25, -0.2) is 0 Å². The van der Waals surface area contributed by atoms with Crippen molar-refractivity contribution in [3.63, 3.8) is 0 Å². The summed E-state index contributed by atoms with van der Waals surface area (Å²) >= 11 is 3.33. The van der Waals surface area contributed by atoms with Crippen LogP contribution in [0.5, 0.6) is 5.75 Å². The van der Waals surface area contributed by atoms with Crippen LogP contribution in [0, 0.1) is 11.3 Å². The maximum Gasteiger partial charge on any atom is 0.276 e. The highest BCUT2D eigenvalue weighted by Gasteiger charge is 2.06. The number of para-hydroxylation sites is 1. The van der Waals surface area contributed by atoms with Gasteiger partial charge in [0.2, 0.25) is 0 Å². The molecule has 0 radical (unpaired) electrons. The Kier molecular flexibility index (Phi) is 6.75. The van der Waals surface area contributed by atoms with Crippen LogP contribution in [0.1, 0.15) is 11.1 Å². The van der Waals surface area contributed by atoms with E-state index in [9.17, 15) is 9.59 Å². The molecule has 0 saturated heterocycles. The van der Waals surface area contributed by atoms with Crippen LogP contribution in [0.2, 0.25) is 0 Å². The molecule has 0 bridgehead atoms. The number of ether oxygens (including phenoxy) is 1. The number of hydrogen-bond acceptors (Lipinski definition) is 4. The third-order valence-electron chi connectivity index (χ3n) is 2.99. The predicted molar refractivity (Wildman–Crippen MR) is 96.1 cm³/mol. The molecule has 0 fully saturated rings. The third-order valence-corrected chi connectivity index (χ3v) is 3.52. The van der Waals surface area contributed by atoms with Crippen molar-refractivity contribution in [2.75, 3.05) is 6.61 Å². The summed E-state index contributed by atoms with van der Waals surface area (Å²) in [6, 6.07) is 15.9. The smallest absolute Gasteiger partial charge is 0.276 e. The van der Waals surface area contributed by atoms with Gasteiger partial charge < -0.3 is 4.74 Å². The van der Waals surface area contributed by atoms with E-state index in [2.05, 4.69) is 26.8 Å². The van der Waals surface area contributed by atoms with Crippen molar-refractivity contribution in [1.29, 1.82) is 5.26 Å². The molecule has 2 aromatic carbocycles. The van der Waals surface area contributed by atoms with Gasteiger partial charge >= 0.3 is 0 Å². The average Bonchev–Trinajstić information content (AvgIpc) is 2.64. The number of rotatable bonds is 5. The molecule has 0 unspecified atom stereocenters. The third kappa shape index (κ3) is 6.12. The lowest BCUT2D eigenvalue weighted by Crippen LogP contribution is -2.43. The molecule has 0 saturated carbocycles. The van der Waals surface area contributed by atoms with Crippen LogP contribution in [0.3, 0.4) is 0 Å². The number of halogens is 1. The van der Waals surface area contributed by atoms with E-state index < -0.39 is 11.8 Å². The molecule has 0 aromatic heterocycles. The van der Waals surface area contributed by atoms with E-state index >= 15 is 0 Å². The Bertz CT molecular complexity index is 826. The fraction of sp³-hybridized carbons (Fsp3) is 0.0556.